The number of nitrogens with zero attached hydrogens (tertiary/aromatic N) is 2. The van der Waals surface area contributed by atoms with E-state index in [0.29, 0.717) is 11.4 Å². The lowest BCUT2D eigenvalue weighted by atomic mass is 10.4. The van der Waals surface area contributed by atoms with Crippen LogP contribution in [0, 0.1) is 6.92 Å². The lowest BCUT2D eigenvalue weighted by Gasteiger charge is -2.03. The lowest BCUT2D eigenvalue weighted by Crippen LogP contribution is -2.12. The van der Waals surface area contributed by atoms with Crippen LogP contribution in [0.4, 0.5) is 0 Å². The van der Waals surface area contributed by atoms with Crippen LogP contribution in [0.1, 0.15) is 18.3 Å². The Hall–Kier alpha value is -0.940. The van der Waals surface area contributed by atoms with E-state index >= 15 is 0 Å². The Kier molecular flexibility index (Phi) is 4.44. The van der Waals surface area contributed by atoms with Gasteiger partial charge in [0.25, 0.3) is 0 Å². The molecule has 0 aromatic carbocycles. The molecule has 0 aliphatic heterocycles. The summed E-state index contributed by atoms with van der Waals surface area (Å²) in [6, 6.07) is 0. The summed E-state index contributed by atoms with van der Waals surface area (Å²) in [5, 5.41) is 0. The Morgan fingerprint density at radius 1 is 1.44 bits per heavy atom. The number of halogens is 1. The van der Waals surface area contributed by atoms with E-state index in [1.165, 1.54) is 5.54 Å². The number of hydrogen-bond acceptors (Lipinski definition) is 4. The highest BCUT2D eigenvalue weighted by molar-refractivity contribution is 7.90. The third kappa shape index (κ3) is 4.28. The molecule has 1 rings (SSSR count). The second kappa shape index (κ2) is 5.41. The van der Waals surface area contributed by atoms with E-state index in [2.05, 4.69) is 9.97 Å². The Morgan fingerprint density at radius 3 is 2.50 bits per heavy atom. The number of aromatic nitrogens is 2. The molecular weight excluding hydrogens is 248 g/mol. The molecule has 16 heavy (non-hydrogen) atoms. The largest absolute Gasteiger partial charge is 0.240 e. The van der Waals surface area contributed by atoms with Crippen LogP contribution in [0.5, 0.6) is 0 Å². The predicted octanol–water partition coefficient (Wildman–Crippen LogP) is 1.84. The van der Waals surface area contributed by atoms with E-state index in [1.807, 2.05) is 6.92 Å². The van der Waals surface area contributed by atoms with E-state index in [9.17, 15) is 8.42 Å². The van der Waals surface area contributed by atoms with Gasteiger partial charge in [0.15, 0.2) is 9.84 Å². The van der Waals surface area contributed by atoms with Gasteiger partial charge in [-0.05, 0) is 25.0 Å². The maximum absolute atomic E-state index is 11.7. The van der Waals surface area contributed by atoms with E-state index in [4.69, 9.17) is 11.6 Å². The summed E-state index contributed by atoms with van der Waals surface area (Å²) < 4.78 is 23.3. The van der Waals surface area contributed by atoms with Crippen LogP contribution < -0.4 is 0 Å². The van der Waals surface area contributed by atoms with Crippen LogP contribution >= 0.6 is 11.6 Å². The molecule has 0 bridgehead atoms. The van der Waals surface area contributed by atoms with E-state index in [1.54, 1.807) is 19.3 Å². The van der Waals surface area contributed by atoms with E-state index in [0.717, 1.165) is 5.56 Å². The van der Waals surface area contributed by atoms with Gasteiger partial charge in [0.05, 0.1) is 5.75 Å². The molecule has 0 saturated heterocycles. The summed E-state index contributed by atoms with van der Waals surface area (Å²) in [5.41, 5.74) is 2.78. The second-order valence-corrected chi connectivity index (χ2v) is 5.95. The van der Waals surface area contributed by atoms with Gasteiger partial charge in [0.2, 0.25) is 0 Å². The first-order valence-electron chi connectivity index (χ1n) is 4.67. The van der Waals surface area contributed by atoms with Gasteiger partial charge >= 0.3 is 0 Å². The maximum atomic E-state index is 11.7. The molecule has 0 unspecified atom stereocenters. The van der Waals surface area contributed by atoms with Gasteiger partial charge in [0.1, 0.15) is 11.6 Å². The number of aryl methyl sites for hydroxylation is 1. The van der Waals surface area contributed by atoms with Crippen LogP contribution in [0.15, 0.2) is 23.5 Å². The molecule has 1 aromatic rings. The summed E-state index contributed by atoms with van der Waals surface area (Å²) in [6.07, 6.45) is 3.20. The third-order valence-electron chi connectivity index (χ3n) is 1.82. The van der Waals surface area contributed by atoms with Crippen LogP contribution in [0.25, 0.3) is 0 Å². The summed E-state index contributed by atoms with van der Waals surface area (Å²) >= 11 is 5.42. The molecule has 0 aliphatic rings. The van der Waals surface area contributed by atoms with Crippen molar-refractivity contribution in [3.63, 3.8) is 0 Å². The summed E-state index contributed by atoms with van der Waals surface area (Å²) in [6.45, 7) is 3.51. The molecule has 0 saturated carbocycles. The predicted molar refractivity (Wildman–Crippen MR) is 63.9 cm³/mol. The SMILES string of the molecule is C/C(=C\Cl)CS(=O)(=O)Cc1ncc(C)cn1. The highest BCUT2D eigenvalue weighted by atomic mass is 35.5. The number of rotatable bonds is 4. The van der Waals surface area contributed by atoms with Crippen molar-refractivity contribution >= 4 is 21.4 Å². The van der Waals surface area contributed by atoms with Crippen LogP contribution in [0.3, 0.4) is 0 Å². The number of sulfone groups is 1. The molecule has 4 nitrogen and oxygen atoms in total. The van der Waals surface area contributed by atoms with Gasteiger partial charge in [0, 0.05) is 17.9 Å². The average molecular weight is 261 g/mol. The first-order chi connectivity index (χ1) is 7.43. The van der Waals surface area contributed by atoms with Crippen LogP contribution in [-0.2, 0) is 15.6 Å². The zero-order valence-electron chi connectivity index (χ0n) is 9.14. The normalized spacial score (nSPS) is 12.8. The van der Waals surface area contributed by atoms with Gasteiger partial charge in [-0.15, -0.1) is 0 Å². The molecule has 6 heteroatoms. The molecule has 0 spiro atoms. The maximum Gasteiger partial charge on any atom is 0.161 e. The average Bonchev–Trinajstić information content (AvgIpc) is 2.20. The standard InChI is InChI=1S/C10H13ClN2O2S/c1-8(3-11)6-16(14,15)7-10-12-4-9(2)5-13-10/h3-5H,6-7H2,1-2H3/b8-3+. The molecule has 1 aromatic heterocycles. The molecule has 88 valence electrons. The molecule has 0 radical (unpaired) electrons. The number of hydrogen-bond donors (Lipinski definition) is 0. The fraction of sp³-hybridized carbons (Fsp3) is 0.400. The molecule has 0 N–H and O–H groups in total. The first-order valence-corrected chi connectivity index (χ1v) is 6.92. The van der Waals surface area contributed by atoms with Gasteiger partial charge in [-0.25, -0.2) is 18.4 Å². The minimum atomic E-state index is -3.24. The Balaban J connectivity index is 2.77. The van der Waals surface area contributed by atoms with Crippen molar-refractivity contribution in [2.45, 2.75) is 19.6 Å². The zero-order valence-corrected chi connectivity index (χ0v) is 10.7. The van der Waals surface area contributed by atoms with Crippen molar-refractivity contribution in [1.29, 1.82) is 0 Å². The minimum Gasteiger partial charge on any atom is -0.240 e. The van der Waals surface area contributed by atoms with Crippen LogP contribution in [0.2, 0.25) is 0 Å². The van der Waals surface area contributed by atoms with Crippen molar-refractivity contribution < 1.29 is 8.42 Å². The highest BCUT2D eigenvalue weighted by Crippen LogP contribution is 2.07. The first kappa shape index (κ1) is 13.1. The Labute approximate surface area is 100 Å². The van der Waals surface area contributed by atoms with Crippen molar-refractivity contribution in [3.8, 4) is 0 Å². The molecule has 1 heterocycles. The second-order valence-electron chi connectivity index (χ2n) is 3.66. The van der Waals surface area contributed by atoms with Crippen molar-refractivity contribution in [2.75, 3.05) is 5.75 Å². The molecule has 0 amide bonds. The van der Waals surface area contributed by atoms with Gasteiger partial charge in [-0.2, -0.15) is 0 Å². The fourth-order valence-corrected chi connectivity index (χ4v) is 2.71. The molecule has 0 atom stereocenters. The smallest absolute Gasteiger partial charge is 0.161 e. The molecular formula is C10H13ClN2O2S. The minimum absolute atomic E-state index is 0.0618. The zero-order chi connectivity index (χ0) is 12.2. The van der Waals surface area contributed by atoms with E-state index < -0.39 is 9.84 Å². The van der Waals surface area contributed by atoms with Crippen molar-refractivity contribution in [1.82, 2.24) is 9.97 Å². The highest BCUT2D eigenvalue weighted by Gasteiger charge is 2.14. The Morgan fingerprint density at radius 2 is 2.00 bits per heavy atom. The van der Waals surface area contributed by atoms with E-state index in [-0.39, 0.29) is 11.5 Å². The van der Waals surface area contributed by atoms with Crippen LogP contribution in [-0.4, -0.2) is 24.1 Å². The summed E-state index contributed by atoms with van der Waals surface area (Å²) in [7, 11) is -3.24. The molecule has 0 fully saturated rings. The topological polar surface area (TPSA) is 59.9 Å². The van der Waals surface area contributed by atoms with Gasteiger partial charge in [-0.1, -0.05) is 11.6 Å². The van der Waals surface area contributed by atoms with Gasteiger partial charge in [-0.3, -0.25) is 0 Å². The van der Waals surface area contributed by atoms with Crippen molar-refractivity contribution in [3.05, 3.63) is 34.9 Å². The molecule has 0 aliphatic carbocycles. The van der Waals surface area contributed by atoms with Crippen molar-refractivity contribution in [2.24, 2.45) is 0 Å². The monoisotopic (exact) mass is 260 g/mol. The Bertz CT molecular complexity index is 480. The summed E-state index contributed by atoms with van der Waals surface area (Å²) in [5.74, 6) is 0.0938. The van der Waals surface area contributed by atoms with Gasteiger partial charge < -0.3 is 0 Å². The quantitative estimate of drug-likeness (QED) is 0.829. The fourth-order valence-electron chi connectivity index (χ4n) is 1.12. The third-order valence-corrected chi connectivity index (χ3v) is 3.78. The summed E-state index contributed by atoms with van der Waals surface area (Å²) in [4.78, 5) is 7.91. The lowest BCUT2D eigenvalue weighted by molar-refractivity contribution is 0.596.